The first-order valence-corrected chi connectivity index (χ1v) is 6.60. The summed E-state index contributed by atoms with van der Waals surface area (Å²) < 4.78 is 12.7. The van der Waals surface area contributed by atoms with E-state index in [1.54, 1.807) is 12.1 Å². The van der Waals surface area contributed by atoms with Crippen molar-refractivity contribution in [3.8, 4) is 0 Å². The first-order chi connectivity index (χ1) is 9.58. The SMILES string of the molecule is Cl.NC(=O)C1CNCC1C(=O)NCCc1ccc(F)cc1. The fraction of sp³-hybridized carbons (Fsp3) is 0.429. The van der Waals surface area contributed by atoms with Crippen LogP contribution in [0.15, 0.2) is 24.3 Å². The van der Waals surface area contributed by atoms with Gasteiger partial charge in [-0.15, -0.1) is 12.4 Å². The monoisotopic (exact) mass is 315 g/mol. The van der Waals surface area contributed by atoms with Crippen LogP contribution in [0.4, 0.5) is 4.39 Å². The molecule has 2 rings (SSSR count). The van der Waals surface area contributed by atoms with E-state index in [1.807, 2.05) is 0 Å². The van der Waals surface area contributed by atoms with Crippen molar-refractivity contribution in [2.75, 3.05) is 19.6 Å². The molecule has 1 aromatic carbocycles. The molecule has 4 N–H and O–H groups in total. The van der Waals surface area contributed by atoms with Crippen molar-refractivity contribution in [3.63, 3.8) is 0 Å². The molecule has 2 atom stereocenters. The Kier molecular flexibility index (Phi) is 6.58. The van der Waals surface area contributed by atoms with Gasteiger partial charge < -0.3 is 16.4 Å². The minimum Gasteiger partial charge on any atom is -0.369 e. The van der Waals surface area contributed by atoms with Crippen LogP contribution < -0.4 is 16.4 Å². The van der Waals surface area contributed by atoms with Gasteiger partial charge in [0.15, 0.2) is 0 Å². The number of rotatable bonds is 5. The van der Waals surface area contributed by atoms with Crippen LogP contribution in [-0.4, -0.2) is 31.4 Å². The second kappa shape index (κ2) is 7.95. The molecule has 0 radical (unpaired) electrons. The summed E-state index contributed by atoms with van der Waals surface area (Å²) in [6.07, 6.45) is 0.618. The normalized spacial score (nSPS) is 20.6. The number of amides is 2. The molecule has 0 bridgehead atoms. The highest BCUT2D eigenvalue weighted by Crippen LogP contribution is 2.16. The van der Waals surface area contributed by atoms with E-state index in [0.717, 1.165) is 5.56 Å². The van der Waals surface area contributed by atoms with Crippen molar-refractivity contribution in [2.45, 2.75) is 6.42 Å². The van der Waals surface area contributed by atoms with Crippen LogP contribution in [0.5, 0.6) is 0 Å². The summed E-state index contributed by atoms with van der Waals surface area (Å²) in [5.41, 5.74) is 6.21. The Morgan fingerprint density at radius 1 is 1.24 bits per heavy atom. The second-order valence-electron chi connectivity index (χ2n) is 4.94. The molecule has 1 fully saturated rings. The molecule has 116 valence electrons. The summed E-state index contributed by atoms with van der Waals surface area (Å²) in [6.45, 7) is 1.37. The summed E-state index contributed by atoms with van der Waals surface area (Å²) >= 11 is 0. The minimum absolute atomic E-state index is 0. The Balaban J connectivity index is 0.00000220. The van der Waals surface area contributed by atoms with Crippen LogP contribution in [0, 0.1) is 17.7 Å². The number of hydrogen-bond donors (Lipinski definition) is 3. The second-order valence-corrected chi connectivity index (χ2v) is 4.94. The summed E-state index contributed by atoms with van der Waals surface area (Å²) in [5, 5.41) is 5.79. The van der Waals surface area contributed by atoms with Gasteiger partial charge in [0.1, 0.15) is 5.82 Å². The Hall–Kier alpha value is -1.66. The zero-order valence-electron chi connectivity index (χ0n) is 11.5. The van der Waals surface area contributed by atoms with Crippen LogP contribution in [0.2, 0.25) is 0 Å². The Morgan fingerprint density at radius 3 is 2.48 bits per heavy atom. The highest BCUT2D eigenvalue weighted by Gasteiger charge is 2.36. The quantitative estimate of drug-likeness (QED) is 0.727. The van der Waals surface area contributed by atoms with Gasteiger partial charge in [0, 0.05) is 19.6 Å². The van der Waals surface area contributed by atoms with Crippen LogP contribution in [0.1, 0.15) is 5.56 Å². The van der Waals surface area contributed by atoms with Gasteiger partial charge in [-0.05, 0) is 24.1 Å². The Morgan fingerprint density at radius 2 is 1.86 bits per heavy atom. The first-order valence-electron chi connectivity index (χ1n) is 6.60. The predicted octanol–water partition coefficient (Wildman–Crippen LogP) is 0.227. The molecule has 1 heterocycles. The molecule has 0 aliphatic carbocycles. The average molecular weight is 316 g/mol. The molecular weight excluding hydrogens is 297 g/mol. The summed E-state index contributed by atoms with van der Waals surface area (Å²) in [4.78, 5) is 23.2. The standard InChI is InChI=1S/C14H18FN3O2.ClH/c15-10-3-1-9(2-4-10)5-6-18-14(20)12-8-17-7-11(12)13(16)19;/h1-4,11-12,17H,5-8H2,(H2,16,19)(H,18,20);1H. The van der Waals surface area contributed by atoms with Crippen molar-refractivity contribution in [1.29, 1.82) is 0 Å². The summed E-state index contributed by atoms with van der Waals surface area (Å²) in [6, 6.07) is 6.15. The molecule has 0 saturated carbocycles. The van der Waals surface area contributed by atoms with Gasteiger partial charge in [-0.3, -0.25) is 9.59 Å². The van der Waals surface area contributed by atoms with Crippen molar-refractivity contribution in [1.82, 2.24) is 10.6 Å². The van der Waals surface area contributed by atoms with E-state index in [-0.39, 0.29) is 24.1 Å². The number of halogens is 2. The lowest BCUT2D eigenvalue weighted by Gasteiger charge is -2.15. The van der Waals surface area contributed by atoms with E-state index in [1.165, 1.54) is 12.1 Å². The fourth-order valence-electron chi connectivity index (χ4n) is 2.37. The Bertz CT molecular complexity index is 495. The largest absolute Gasteiger partial charge is 0.369 e. The zero-order chi connectivity index (χ0) is 14.5. The van der Waals surface area contributed by atoms with E-state index in [2.05, 4.69) is 10.6 Å². The van der Waals surface area contributed by atoms with E-state index in [0.29, 0.717) is 26.1 Å². The van der Waals surface area contributed by atoms with Crippen molar-refractivity contribution < 1.29 is 14.0 Å². The summed E-state index contributed by atoms with van der Waals surface area (Å²) in [7, 11) is 0. The number of nitrogens with one attached hydrogen (secondary N) is 2. The molecule has 1 aliphatic rings. The van der Waals surface area contributed by atoms with E-state index in [4.69, 9.17) is 5.73 Å². The molecule has 7 heteroatoms. The summed E-state index contributed by atoms with van der Waals surface area (Å²) in [5.74, 6) is -1.74. The minimum atomic E-state index is -0.450. The molecule has 2 unspecified atom stereocenters. The maximum Gasteiger partial charge on any atom is 0.225 e. The molecule has 0 spiro atoms. The molecule has 2 amide bonds. The average Bonchev–Trinajstić information content (AvgIpc) is 2.90. The molecule has 5 nitrogen and oxygen atoms in total. The number of carbonyl (C=O) groups excluding carboxylic acids is 2. The van der Waals surface area contributed by atoms with Gasteiger partial charge >= 0.3 is 0 Å². The third-order valence-electron chi connectivity index (χ3n) is 3.54. The number of benzene rings is 1. The topological polar surface area (TPSA) is 84.2 Å². The Labute approximate surface area is 128 Å². The van der Waals surface area contributed by atoms with Gasteiger partial charge in [-0.2, -0.15) is 0 Å². The lowest BCUT2D eigenvalue weighted by atomic mass is 9.94. The molecule has 0 aromatic heterocycles. The van der Waals surface area contributed by atoms with Gasteiger partial charge in [-0.1, -0.05) is 12.1 Å². The van der Waals surface area contributed by atoms with E-state index >= 15 is 0 Å². The lowest BCUT2D eigenvalue weighted by Crippen LogP contribution is -2.40. The van der Waals surface area contributed by atoms with Crippen molar-refractivity contribution in [2.24, 2.45) is 17.6 Å². The zero-order valence-corrected chi connectivity index (χ0v) is 12.3. The molecule has 1 aliphatic heterocycles. The van der Waals surface area contributed by atoms with Crippen molar-refractivity contribution in [3.05, 3.63) is 35.6 Å². The third-order valence-corrected chi connectivity index (χ3v) is 3.54. The molecule has 21 heavy (non-hydrogen) atoms. The molecule has 1 aromatic rings. The predicted molar refractivity (Wildman–Crippen MR) is 79.4 cm³/mol. The van der Waals surface area contributed by atoms with Gasteiger partial charge in [0.05, 0.1) is 11.8 Å². The van der Waals surface area contributed by atoms with Gasteiger partial charge in [0.2, 0.25) is 11.8 Å². The van der Waals surface area contributed by atoms with Crippen LogP contribution in [0.3, 0.4) is 0 Å². The highest BCUT2D eigenvalue weighted by molar-refractivity contribution is 5.87. The van der Waals surface area contributed by atoms with E-state index < -0.39 is 17.7 Å². The number of carbonyl (C=O) groups is 2. The smallest absolute Gasteiger partial charge is 0.225 e. The maximum atomic E-state index is 12.7. The van der Waals surface area contributed by atoms with Crippen LogP contribution in [0.25, 0.3) is 0 Å². The number of hydrogen-bond acceptors (Lipinski definition) is 3. The van der Waals surface area contributed by atoms with Crippen molar-refractivity contribution >= 4 is 24.2 Å². The van der Waals surface area contributed by atoms with Gasteiger partial charge in [-0.25, -0.2) is 4.39 Å². The fourth-order valence-corrected chi connectivity index (χ4v) is 2.37. The molecular formula is C14H19ClFN3O2. The van der Waals surface area contributed by atoms with E-state index in [9.17, 15) is 14.0 Å². The molecule has 1 saturated heterocycles. The third kappa shape index (κ3) is 4.68. The maximum absolute atomic E-state index is 12.7. The van der Waals surface area contributed by atoms with Gasteiger partial charge in [0.25, 0.3) is 0 Å². The number of nitrogens with two attached hydrogens (primary N) is 1. The first kappa shape index (κ1) is 17.4. The highest BCUT2D eigenvalue weighted by atomic mass is 35.5. The lowest BCUT2D eigenvalue weighted by molar-refractivity contribution is -0.131. The van der Waals surface area contributed by atoms with Crippen LogP contribution >= 0.6 is 12.4 Å². The van der Waals surface area contributed by atoms with Crippen LogP contribution in [-0.2, 0) is 16.0 Å². The number of primary amides is 1.